The predicted octanol–water partition coefficient (Wildman–Crippen LogP) is 7.33. The molecule has 210 valence electrons. The van der Waals surface area contributed by atoms with Crippen molar-refractivity contribution in [3.05, 3.63) is 30.1 Å². The lowest BCUT2D eigenvalue weighted by Gasteiger charge is -2.48. The summed E-state index contributed by atoms with van der Waals surface area (Å²) in [4.78, 5) is 18.3. The zero-order chi connectivity index (χ0) is 28.2. The molecular formula is C29H52N2O3SSi2. The molecule has 1 aromatic rings. The summed E-state index contributed by atoms with van der Waals surface area (Å²) in [6.45, 7) is 25.5. The lowest BCUT2D eigenvalue weighted by atomic mass is 9.74. The summed E-state index contributed by atoms with van der Waals surface area (Å²) in [6.07, 6.45) is 5.27. The molecule has 0 saturated carbocycles. The van der Waals surface area contributed by atoms with Gasteiger partial charge in [-0.3, -0.25) is 9.78 Å². The van der Waals surface area contributed by atoms with Crippen LogP contribution >= 0.6 is 12.2 Å². The molecule has 1 N–H and O–H groups in total. The second-order valence-corrected chi connectivity index (χ2v) is 23.9. The molecule has 0 aliphatic carbocycles. The molecular weight excluding hydrogens is 513 g/mol. The van der Waals surface area contributed by atoms with Crippen molar-refractivity contribution in [3.8, 4) is 0 Å². The maximum absolute atomic E-state index is 12.8. The molecule has 0 unspecified atom stereocenters. The summed E-state index contributed by atoms with van der Waals surface area (Å²) in [5, 5.41) is 3.52. The van der Waals surface area contributed by atoms with Gasteiger partial charge in [0.15, 0.2) is 16.6 Å². The van der Waals surface area contributed by atoms with Gasteiger partial charge >= 0.3 is 0 Å². The molecule has 2 rings (SSSR count). The van der Waals surface area contributed by atoms with Crippen LogP contribution in [0.1, 0.15) is 73.4 Å². The van der Waals surface area contributed by atoms with Crippen LogP contribution in [0.25, 0.3) is 0 Å². The van der Waals surface area contributed by atoms with Crippen molar-refractivity contribution in [1.82, 2.24) is 10.3 Å². The Bertz CT molecular complexity index is 910. The van der Waals surface area contributed by atoms with Gasteiger partial charge < -0.3 is 14.2 Å². The molecule has 1 aromatic heterocycles. The van der Waals surface area contributed by atoms with Crippen LogP contribution < -0.4 is 5.32 Å². The van der Waals surface area contributed by atoms with E-state index in [0.717, 1.165) is 36.4 Å². The number of amides is 1. The highest BCUT2D eigenvalue weighted by molar-refractivity contribution is 7.80. The van der Waals surface area contributed by atoms with Crippen LogP contribution in [0.4, 0.5) is 0 Å². The molecule has 1 aliphatic rings. The number of carbonyl (C=O) groups excluding carboxylic acids is 1. The van der Waals surface area contributed by atoms with E-state index in [2.05, 4.69) is 85.0 Å². The number of hydrogen-bond acceptors (Lipinski definition) is 5. The lowest BCUT2D eigenvalue weighted by Crippen LogP contribution is -2.67. The summed E-state index contributed by atoms with van der Waals surface area (Å²) >= 11 is 6.02. The monoisotopic (exact) mass is 564 g/mol. The summed E-state index contributed by atoms with van der Waals surface area (Å²) in [5.41, 5.74) is 0.978. The van der Waals surface area contributed by atoms with E-state index in [1.165, 1.54) is 0 Å². The van der Waals surface area contributed by atoms with E-state index in [9.17, 15) is 4.79 Å². The third kappa shape index (κ3) is 8.52. The van der Waals surface area contributed by atoms with Gasteiger partial charge in [-0.1, -0.05) is 66.2 Å². The Morgan fingerprint density at radius 1 is 1.05 bits per heavy atom. The average molecular weight is 565 g/mol. The van der Waals surface area contributed by atoms with E-state index in [4.69, 9.17) is 21.1 Å². The van der Waals surface area contributed by atoms with E-state index in [1.54, 1.807) is 0 Å². The largest absolute Gasteiger partial charge is 0.417 e. The molecule has 8 heteroatoms. The quantitative estimate of drug-likeness (QED) is 0.118. The molecule has 1 amide bonds. The SMILES string of the molecule is C[C@@H](O[Si](C)(C)C(C)(C)C)[C@H]1C(=O)N[C@H]1[C@@H](CCCCO[Si](C)(C)C(C)(C)C)C(=S)Cc1ccccn1. The fourth-order valence-electron chi connectivity index (χ4n) is 4.35. The highest BCUT2D eigenvalue weighted by Gasteiger charge is 2.50. The average Bonchev–Trinajstić information content (AvgIpc) is 2.73. The predicted molar refractivity (Wildman–Crippen MR) is 164 cm³/mol. The minimum atomic E-state index is -2.00. The van der Waals surface area contributed by atoms with Gasteiger partial charge in [-0.2, -0.15) is 0 Å². The van der Waals surface area contributed by atoms with Crippen molar-refractivity contribution in [1.29, 1.82) is 0 Å². The smallest absolute Gasteiger partial charge is 0.228 e. The van der Waals surface area contributed by atoms with Gasteiger partial charge in [0.05, 0.1) is 18.1 Å². The third-order valence-electron chi connectivity index (χ3n) is 8.90. The normalized spacial score (nSPS) is 20.7. The highest BCUT2D eigenvalue weighted by atomic mass is 32.1. The minimum absolute atomic E-state index is 0.00444. The Morgan fingerprint density at radius 2 is 1.68 bits per heavy atom. The first-order chi connectivity index (χ1) is 16.9. The van der Waals surface area contributed by atoms with Crippen molar-refractivity contribution in [2.45, 2.75) is 123 Å². The molecule has 0 aromatic carbocycles. The lowest BCUT2D eigenvalue weighted by molar-refractivity contribution is -0.141. The minimum Gasteiger partial charge on any atom is -0.417 e. The van der Waals surface area contributed by atoms with Crippen LogP contribution in [0.5, 0.6) is 0 Å². The number of rotatable bonds is 13. The summed E-state index contributed by atoms with van der Waals surface area (Å²) in [7, 11) is -3.75. The van der Waals surface area contributed by atoms with Crippen molar-refractivity contribution < 1.29 is 13.6 Å². The Hall–Kier alpha value is -0.936. The fourth-order valence-corrected chi connectivity index (χ4v) is 7.28. The van der Waals surface area contributed by atoms with Gasteiger partial charge in [-0.25, -0.2) is 0 Å². The molecule has 0 spiro atoms. The maximum atomic E-state index is 12.8. The van der Waals surface area contributed by atoms with Crippen molar-refractivity contribution in [2.24, 2.45) is 11.8 Å². The van der Waals surface area contributed by atoms with Crippen LogP contribution in [0.3, 0.4) is 0 Å². The number of aromatic nitrogens is 1. The Kier molecular flexibility index (Phi) is 10.9. The van der Waals surface area contributed by atoms with Crippen LogP contribution in [0.15, 0.2) is 24.4 Å². The van der Waals surface area contributed by atoms with E-state index < -0.39 is 16.6 Å². The second kappa shape index (κ2) is 12.5. The Morgan fingerprint density at radius 3 is 2.19 bits per heavy atom. The number of hydrogen-bond donors (Lipinski definition) is 1. The second-order valence-electron chi connectivity index (χ2n) is 13.8. The maximum Gasteiger partial charge on any atom is 0.228 e. The number of carbonyl (C=O) groups is 1. The molecule has 0 bridgehead atoms. The molecule has 37 heavy (non-hydrogen) atoms. The van der Waals surface area contributed by atoms with Crippen LogP contribution in [-0.4, -0.2) is 51.1 Å². The third-order valence-corrected chi connectivity index (χ3v) is 18.5. The first-order valence-corrected chi connectivity index (χ1v) is 20.1. The number of nitrogens with zero attached hydrogens (tertiary/aromatic N) is 1. The first kappa shape index (κ1) is 32.3. The van der Waals surface area contributed by atoms with Crippen LogP contribution in [0, 0.1) is 11.8 Å². The van der Waals surface area contributed by atoms with Gasteiger partial charge in [-0.05, 0) is 68.2 Å². The molecule has 0 radical (unpaired) electrons. The van der Waals surface area contributed by atoms with Gasteiger partial charge in [0.2, 0.25) is 5.91 Å². The van der Waals surface area contributed by atoms with E-state index in [0.29, 0.717) is 6.42 Å². The first-order valence-electron chi connectivity index (χ1n) is 13.9. The Labute approximate surface area is 234 Å². The van der Waals surface area contributed by atoms with Gasteiger partial charge in [-0.15, -0.1) is 0 Å². The van der Waals surface area contributed by atoms with Crippen LogP contribution in [-0.2, 0) is 20.1 Å². The van der Waals surface area contributed by atoms with Gasteiger partial charge in [0.25, 0.3) is 0 Å². The van der Waals surface area contributed by atoms with Crippen LogP contribution in [0.2, 0.25) is 36.3 Å². The number of nitrogens with one attached hydrogen (secondary N) is 1. The molecule has 1 saturated heterocycles. The summed E-state index contributed by atoms with van der Waals surface area (Å²) in [5.74, 6) is 0.0189. The Balaban J connectivity index is 2.12. The number of thiocarbonyl (C=S) groups is 1. The standard InChI is InChI=1S/C29H52N2O3SSi2/c1-21(34-37(10,11)29(5,6)7)25-26(31-27(25)32)23(24(35)20-22-16-12-14-18-30-22)17-13-15-19-33-36(8,9)28(2,3)4/h12,14,16,18,21,23,25-26H,13,15,17,19-20H2,1-11H3,(H,31,32)/t21-,23+,25-,26+/m1/s1. The zero-order valence-corrected chi connectivity index (χ0v) is 28.1. The zero-order valence-electron chi connectivity index (χ0n) is 25.2. The van der Waals surface area contributed by atoms with E-state index in [-0.39, 0.29) is 40.0 Å². The van der Waals surface area contributed by atoms with Crippen molar-refractivity contribution >= 4 is 39.6 Å². The van der Waals surface area contributed by atoms with Gasteiger partial charge in [0, 0.05) is 35.7 Å². The number of unbranched alkanes of at least 4 members (excludes halogenated alkanes) is 1. The number of pyridine rings is 1. The van der Waals surface area contributed by atoms with E-state index >= 15 is 0 Å². The molecule has 4 atom stereocenters. The molecule has 5 nitrogen and oxygen atoms in total. The fraction of sp³-hybridized carbons (Fsp3) is 0.759. The highest BCUT2D eigenvalue weighted by Crippen LogP contribution is 2.40. The van der Waals surface area contributed by atoms with E-state index in [1.807, 2.05) is 24.4 Å². The van der Waals surface area contributed by atoms with Crippen molar-refractivity contribution in [3.63, 3.8) is 0 Å². The van der Waals surface area contributed by atoms with Crippen molar-refractivity contribution in [2.75, 3.05) is 6.61 Å². The molecule has 1 fully saturated rings. The van der Waals surface area contributed by atoms with Gasteiger partial charge in [0.1, 0.15) is 0 Å². The summed E-state index contributed by atoms with van der Waals surface area (Å²) in [6, 6.07) is 5.95. The molecule has 1 aliphatic heterocycles. The topological polar surface area (TPSA) is 60.5 Å². The summed E-state index contributed by atoms with van der Waals surface area (Å²) < 4.78 is 13.1. The number of β-lactam (4-membered cyclic amide) rings is 1. The molecule has 2 heterocycles.